The molecule has 9 heteroatoms. The van der Waals surface area contributed by atoms with Gasteiger partial charge >= 0.3 is 0 Å². The zero-order chi connectivity index (χ0) is 20.6. The van der Waals surface area contributed by atoms with Crippen LogP contribution in [0, 0.1) is 5.92 Å². The van der Waals surface area contributed by atoms with Crippen LogP contribution in [0.5, 0.6) is 0 Å². The van der Waals surface area contributed by atoms with Crippen molar-refractivity contribution in [2.45, 2.75) is 43.9 Å². The fourth-order valence-electron chi connectivity index (χ4n) is 3.92. The number of carbonyl (C=O) groups excluding carboxylic acids is 2. The number of nitrogens with one attached hydrogen (secondary N) is 1. The number of nitrogens with zero attached hydrogens (tertiary/aromatic N) is 2. The Morgan fingerprint density at radius 3 is 2.59 bits per heavy atom. The molecule has 1 amide bonds. The minimum Gasteiger partial charge on any atom is -0.302 e. The van der Waals surface area contributed by atoms with Gasteiger partial charge in [-0.1, -0.05) is 6.07 Å². The van der Waals surface area contributed by atoms with Crippen LogP contribution < -0.4 is 5.32 Å². The molecule has 7 nitrogen and oxygen atoms in total. The van der Waals surface area contributed by atoms with E-state index in [0.29, 0.717) is 41.7 Å². The molecule has 0 unspecified atom stereocenters. The Morgan fingerprint density at radius 1 is 1.17 bits per heavy atom. The summed E-state index contributed by atoms with van der Waals surface area (Å²) in [6.07, 6.45) is 3.94. The smallest absolute Gasteiger partial charge is 0.243 e. The molecule has 0 radical (unpaired) electrons. The van der Waals surface area contributed by atoms with Gasteiger partial charge in [0.15, 0.2) is 10.9 Å². The van der Waals surface area contributed by atoms with E-state index in [-0.39, 0.29) is 17.6 Å². The molecular weight excluding hydrogens is 410 g/mol. The van der Waals surface area contributed by atoms with Gasteiger partial charge in [0.2, 0.25) is 15.9 Å². The quantitative estimate of drug-likeness (QED) is 0.732. The highest BCUT2D eigenvalue weighted by molar-refractivity contribution is 7.89. The number of hydrogen-bond acceptors (Lipinski definition) is 6. The van der Waals surface area contributed by atoms with Crippen molar-refractivity contribution in [2.24, 2.45) is 5.92 Å². The molecule has 0 spiro atoms. The predicted octanol–water partition coefficient (Wildman–Crippen LogP) is 2.87. The largest absolute Gasteiger partial charge is 0.302 e. The maximum atomic E-state index is 13.0. The van der Waals surface area contributed by atoms with Crippen molar-refractivity contribution in [2.75, 3.05) is 18.4 Å². The summed E-state index contributed by atoms with van der Waals surface area (Å²) in [5.41, 5.74) is 2.71. The molecule has 4 rings (SSSR count). The van der Waals surface area contributed by atoms with E-state index in [0.717, 1.165) is 24.8 Å². The number of carbonyl (C=O) groups is 2. The molecule has 2 aliphatic rings. The third kappa shape index (κ3) is 4.12. The summed E-state index contributed by atoms with van der Waals surface area (Å²) in [4.78, 5) is 28.3. The van der Waals surface area contributed by atoms with Crippen LogP contribution in [0.4, 0.5) is 5.13 Å². The van der Waals surface area contributed by atoms with Crippen molar-refractivity contribution in [1.29, 1.82) is 0 Å². The number of sulfonamides is 1. The summed E-state index contributed by atoms with van der Waals surface area (Å²) < 4.78 is 27.5. The van der Waals surface area contributed by atoms with Crippen LogP contribution in [0.1, 0.15) is 47.8 Å². The number of rotatable bonds is 5. The van der Waals surface area contributed by atoms with Crippen LogP contribution in [-0.2, 0) is 27.7 Å². The SMILES string of the molecule is CC(=O)c1csc(NC(=O)C2CCN(S(=O)(=O)c3ccc4c(c3)CCC4)CC2)n1. The van der Waals surface area contributed by atoms with Gasteiger partial charge in [0.25, 0.3) is 0 Å². The summed E-state index contributed by atoms with van der Waals surface area (Å²) in [6.45, 7) is 2.06. The number of thiazole rings is 1. The van der Waals surface area contributed by atoms with E-state index in [4.69, 9.17) is 0 Å². The van der Waals surface area contributed by atoms with Crippen molar-refractivity contribution in [3.05, 3.63) is 40.4 Å². The lowest BCUT2D eigenvalue weighted by molar-refractivity contribution is -0.120. The van der Waals surface area contributed by atoms with E-state index in [2.05, 4.69) is 10.3 Å². The number of ketones is 1. The minimum absolute atomic E-state index is 0.146. The lowest BCUT2D eigenvalue weighted by atomic mass is 9.97. The minimum atomic E-state index is -3.54. The molecule has 1 aromatic carbocycles. The highest BCUT2D eigenvalue weighted by Crippen LogP contribution is 2.29. The lowest BCUT2D eigenvalue weighted by Gasteiger charge is -2.30. The van der Waals surface area contributed by atoms with Gasteiger partial charge in [-0.25, -0.2) is 13.4 Å². The maximum Gasteiger partial charge on any atom is 0.243 e. The number of Topliss-reactive ketones (excluding diaryl/α,β-unsaturated/α-hetero) is 1. The second-order valence-corrected chi connectivity index (χ2v) is 10.3. The van der Waals surface area contributed by atoms with Gasteiger partial charge in [-0.3, -0.25) is 9.59 Å². The first-order chi connectivity index (χ1) is 13.8. The molecule has 1 fully saturated rings. The van der Waals surface area contributed by atoms with Crippen LogP contribution in [0.15, 0.2) is 28.5 Å². The Labute approximate surface area is 174 Å². The molecule has 1 aliphatic heterocycles. The molecule has 0 saturated carbocycles. The van der Waals surface area contributed by atoms with Crippen molar-refractivity contribution in [3.63, 3.8) is 0 Å². The number of piperidine rings is 1. The zero-order valence-corrected chi connectivity index (χ0v) is 17.8. The Balaban J connectivity index is 1.38. The fourth-order valence-corrected chi connectivity index (χ4v) is 6.19. The molecule has 2 heterocycles. The van der Waals surface area contributed by atoms with E-state index in [1.54, 1.807) is 11.4 Å². The van der Waals surface area contributed by atoms with Crippen LogP contribution in [0.2, 0.25) is 0 Å². The van der Waals surface area contributed by atoms with Gasteiger partial charge in [-0.2, -0.15) is 4.31 Å². The maximum absolute atomic E-state index is 13.0. The van der Waals surface area contributed by atoms with E-state index < -0.39 is 10.0 Å². The second kappa shape index (κ2) is 7.97. The molecule has 154 valence electrons. The monoisotopic (exact) mass is 433 g/mol. The predicted molar refractivity (Wildman–Crippen MR) is 111 cm³/mol. The van der Waals surface area contributed by atoms with Gasteiger partial charge in [0.05, 0.1) is 4.90 Å². The van der Waals surface area contributed by atoms with Crippen molar-refractivity contribution >= 4 is 38.2 Å². The van der Waals surface area contributed by atoms with Crippen LogP contribution in [-0.4, -0.2) is 42.5 Å². The van der Waals surface area contributed by atoms with Crippen molar-refractivity contribution < 1.29 is 18.0 Å². The molecule has 0 bridgehead atoms. The number of benzene rings is 1. The molecule has 2 aromatic rings. The first-order valence-corrected chi connectivity index (χ1v) is 12.1. The number of fused-ring (bicyclic) bond motifs is 1. The Bertz CT molecular complexity index is 1050. The van der Waals surface area contributed by atoms with Gasteiger partial charge in [0.1, 0.15) is 5.69 Å². The molecule has 29 heavy (non-hydrogen) atoms. The summed E-state index contributed by atoms with van der Waals surface area (Å²) >= 11 is 1.21. The van der Waals surface area contributed by atoms with E-state index in [9.17, 15) is 18.0 Å². The molecule has 1 saturated heterocycles. The summed E-state index contributed by atoms with van der Waals surface area (Å²) in [5, 5.41) is 4.76. The van der Waals surface area contributed by atoms with Gasteiger partial charge in [-0.15, -0.1) is 11.3 Å². The summed E-state index contributed by atoms with van der Waals surface area (Å²) in [7, 11) is -3.54. The van der Waals surface area contributed by atoms with Crippen molar-refractivity contribution in [1.82, 2.24) is 9.29 Å². The Morgan fingerprint density at radius 2 is 1.90 bits per heavy atom. The highest BCUT2D eigenvalue weighted by Gasteiger charge is 2.33. The molecule has 1 aliphatic carbocycles. The number of aryl methyl sites for hydroxylation is 2. The van der Waals surface area contributed by atoms with Gasteiger partial charge in [0, 0.05) is 31.3 Å². The number of hydrogen-bond donors (Lipinski definition) is 1. The van der Waals surface area contributed by atoms with E-state index in [1.165, 1.54) is 28.1 Å². The standard InChI is InChI=1S/C20H23N3O4S2/c1-13(24)18-12-28-20(21-18)22-19(25)15-7-9-23(10-8-15)29(26,27)17-6-5-14-3-2-4-16(14)11-17/h5-6,11-12,15H,2-4,7-10H2,1H3,(H,21,22,25). The number of amides is 1. The average Bonchev–Trinajstić information content (AvgIpc) is 3.36. The van der Waals surface area contributed by atoms with E-state index >= 15 is 0 Å². The first-order valence-electron chi connectivity index (χ1n) is 9.74. The van der Waals surface area contributed by atoms with Gasteiger partial charge in [-0.05, 0) is 55.4 Å². The molecule has 1 aromatic heterocycles. The zero-order valence-electron chi connectivity index (χ0n) is 16.2. The second-order valence-electron chi connectivity index (χ2n) is 7.55. The molecule has 1 N–H and O–H groups in total. The molecule has 0 atom stereocenters. The van der Waals surface area contributed by atoms with E-state index in [1.807, 2.05) is 12.1 Å². The first kappa shape index (κ1) is 20.2. The number of aromatic nitrogens is 1. The van der Waals surface area contributed by atoms with Crippen LogP contribution in [0.3, 0.4) is 0 Å². The third-order valence-electron chi connectivity index (χ3n) is 5.63. The highest BCUT2D eigenvalue weighted by atomic mass is 32.2. The average molecular weight is 434 g/mol. The van der Waals surface area contributed by atoms with Gasteiger partial charge < -0.3 is 5.32 Å². The van der Waals surface area contributed by atoms with Crippen LogP contribution >= 0.6 is 11.3 Å². The lowest BCUT2D eigenvalue weighted by Crippen LogP contribution is -2.41. The molecular formula is C20H23N3O4S2. The topological polar surface area (TPSA) is 96.4 Å². The summed E-state index contributed by atoms with van der Waals surface area (Å²) in [5.74, 6) is -0.595. The third-order valence-corrected chi connectivity index (χ3v) is 8.28. The fraction of sp³-hybridized carbons (Fsp3) is 0.450. The normalized spacial score (nSPS) is 17.8. The van der Waals surface area contributed by atoms with Crippen LogP contribution in [0.25, 0.3) is 0 Å². The van der Waals surface area contributed by atoms with Crippen molar-refractivity contribution in [3.8, 4) is 0 Å². The Kier molecular flexibility index (Phi) is 5.54. The Hall–Kier alpha value is -2.10. The number of anilines is 1. The summed E-state index contributed by atoms with van der Waals surface area (Å²) in [6, 6.07) is 5.44.